The first-order chi connectivity index (χ1) is 11.3. The molecule has 0 saturated carbocycles. The Bertz CT molecular complexity index is 797. The van der Waals surface area contributed by atoms with Gasteiger partial charge in [-0.25, -0.2) is 0 Å². The molecule has 4 nitrogen and oxygen atoms in total. The number of nitrogens with zero attached hydrogens (tertiary/aromatic N) is 2. The average molecular weight is 304 g/mol. The molecule has 114 valence electrons. The first-order valence-corrected chi connectivity index (χ1v) is 6.98. The number of aryl methyl sites for hydroxylation is 1. The van der Waals surface area contributed by atoms with Gasteiger partial charge in [0, 0.05) is 17.5 Å². The fourth-order valence-corrected chi connectivity index (χ4v) is 2.04. The van der Waals surface area contributed by atoms with E-state index in [4.69, 9.17) is 15.7 Å². The maximum absolute atomic E-state index is 8.00. The molecule has 3 rings (SSSR count). The van der Waals surface area contributed by atoms with E-state index in [-0.39, 0.29) is 0 Å². The summed E-state index contributed by atoms with van der Waals surface area (Å²) in [4.78, 5) is 12.4. The fraction of sp³-hybridized carbons (Fsp3) is 0.105. The first-order valence-electron chi connectivity index (χ1n) is 6.98. The number of carbonyl (C=O) groups is 1. The molecule has 3 aromatic rings. The van der Waals surface area contributed by atoms with E-state index >= 15 is 0 Å². The van der Waals surface area contributed by atoms with Gasteiger partial charge in [0.15, 0.2) is 0 Å². The standard InChI is InChI=1S/C18H14N2O.CH2O/c1-3-4-14-7-11-15(12-8-14)17-19-18(21-20-17)16-9-5-13(2)6-10-16;1-2/h1,5-12H,4H2,2H3;1H2. The van der Waals surface area contributed by atoms with Gasteiger partial charge in [-0.15, -0.1) is 12.3 Å². The summed E-state index contributed by atoms with van der Waals surface area (Å²) in [5, 5.41) is 4.03. The summed E-state index contributed by atoms with van der Waals surface area (Å²) in [5.74, 6) is 3.73. The van der Waals surface area contributed by atoms with Gasteiger partial charge in [-0.2, -0.15) is 4.98 Å². The number of hydrogen-bond donors (Lipinski definition) is 0. The van der Waals surface area contributed by atoms with Crippen molar-refractivity contribution in [1.29, 1.82) is 0 Å². The van der Waals surface area contributed by atoms with Gasteiger partial charge in [0.2, 0.25) is 5.82 Å². The topological polar surface area (TPSA) is 56.0 Å². The third kappa shape index (κ3) is 3.92. The van der Waals surface area contributed by atoms with Crippen molar-refractivity contribution in [2.24, 2.45) is 0 Å². The number of rotatable bonds is 3. The second-order valence-corrected chi connectivity index (χ2v) is 4.87. The lowest BCUT2D eigenvalue weighted by molar-refractivity contribution is -0.0979. The van der Waals surface area contributed by atoms with E-state index in [0.717, 1.165) is 16.7 Å². The molecule has 0 aliphatic heterocycles. The van der Waals surface area contributed by atoms with Crippen LogP contribution in [-0.2, 0) is 11.2 Å². The molecule has 0 spiro atoms. The molecule has 2 aromatic carbocycles. The lowest BCUT2D eigenvalue weighted by Crippen LogP contribution is -1.84. The minimum Gasteiger partial charge on any atom is -0.334 e. The van der Waals surface area contributed by atoms with Crippen LogP contribution in [-0.4, -0.2) is 16.9 Å². The lowest BCUT2D eigenvalue weighted by Gasteiger charge is -1.97. The van der Waals surface area contributed by atoms with Crippen LogP contribution < -0.4 is 0 Å². The summed E-state index contributed by atoms with van der Waals surface area (Å²) in [6.07, 6.45) is 5.92. The molecule has 0 aliphatic carbocycles. The Morgan fingerprint density at radius 1 is 1.04 bits per heavy atom. The predicted molar refractivity (Wildman–Crippen MR) is 89.6 cm³/mol. The van der Waals surface area contributed by atoms with Crippen molar-refractivity contribution < 1.29 is 9.32 Å². The summed E-state index contributed by atoms with van der Waals surface area (Å²) in [6, 6.07) is 15.9. The maximum Gasteiger partial charge on any atom is 0.258 e. The van der Waals surface area contributed by atoms with Crippen molar-refractivity contribution in [1.82, 2.24) is 10.1 Å². The van der Waals surface area contributed by atoms with Gasteiger partial charge in [0.25, 0.3) is 5.89 Å². The first kappa shape index (κ1) is 16.2. The SMILES string of the molecule is C#CCc1ccc(-c2noc(-c3ccc(C)cc3)n2)cc1.C=O. The minimum absolute atomic E-state index is 0.526. The van der Waals surface area contributed by atoms with Crippen LogP contribution in [0.4, 0.5) is 0 Å². The molecule has 0 aliphatic rings. The number of carbonyl (C=O) groups excluding carboxylic acids is 1. The number of benzene rings is 2. The third-order valence-electron chi connectivity index (χ3n) is 3.24. The average Bonchev–Trinajstić information content (AvgIpc) is 3.08. The van der Waals surface area contributed by atoms with Crippen LogP contribution in [0.25, 0.3) is 22.8 Å². The molecule has 0 amide bonds. The quantitative estimate of drug-likeness (QED) is 0.692. The van der Waals surface area contributed by atoms with Crippen molar-refractivity contribution in [3.8, 4) is 35.2 Å². The molecule has 0 saturated heterocycles. The molecule has 1 aromatic heterocycles. The van der Waals surface area contributed by atoms with Crippen LogP contribution in [0.3, 0.4) is 0 Å². The normalized spacial score (nSPS) is 9.57. The Hall–Kier alpha value is -3.19. The number of terminal acetylenes is 1. The van der Waals surface area contributed by atoms with E-state index in [1.54, 1.807) is 0 Å². The Balaban J connectivity index is 0.000000924. The van der Waals surface area contributed by atoms with Gasteiger partial charge in [-0.1, -0.05) is 47.1 Å². The molecule has 23 heavy (non-hydrogen) atoms. The molecular weight excluding hydrogens is 288 g/mol. The predicted octanol–water partition coefficient (Wildman–Crippen LogP) is 3.70. The van der Waals surface area contributed by atoms with E-state index < -0.39 is 0 Å². The van der Waals surface area contributed by atoms with Crippen LogP contribution in [0.15, 0.2) is 53.1 Å². The molecule has 0 fully saturated rings. The van der Waals surface area contributed by atoms with Crippen molar-refractivity contribution >= 4 is 6.79 Å². The van der Waals surface area contributed by atoms with E-state index in [0.29, 0.717) is 18.1 Å². The highest BCUT2D eigenvalue weighted by Crippen LogP contribution is 2.22. The fourth-order valence-electron chi connectivity index (χ4n) is 2.04. The highest BCUT2D eigenvalue weighted by Gasteiger charge is 2.10. The van der Waals surface area contributed by atoms with Crippen LogP contribution >= 0.6 is 0 Å². The highest BCUT2D eigenvalue weighted by atomic mass is 16.5. The zero-order chi connectivity index (χ0) is 16.7. The number of hydrogen-bond acceptors (Lipinski definition) is 4. The van der Waals surface area contributed by atoms with Gasteiger partial charge < -0.3 is 9.32 Å². The third-order valence-corrected chi connectivity index (χ3v) is 3.24. The van der Waals surface area contributed by atoms with Crippen LogP contribution in [0, 0.1) is 19.3 Å². The summed E-state index contributed by atoms with van der Waals surface area (Å²) >= 11 is 0. The van der Waals surface area contributed by atoms with E-state index in [1.165, 1.54) is 5.56 Å². The van der Waals surface area contributed by atoms with E-state index in [9.17, 15) is 0 Å². The van der Waals surface area contributed by atoms with Crippen molar-refractivity contribution in [2.75, 3.05) is 0 Å². The van der Waals surface area contributed by atoms with Crippen LogP contribution in [0.1, 0.15) is 11.1 Å². The Kier molecular flexibility index (Phi) is 5.43. The van der Waals surface area contributed by atoms with Crippen molar-refractivity contribution in [2.45, 2.75) is 13.3 Å². The van der Waals surface area contributed by atoms with Crippen LogP contribution in [0.5, 0.6) is 0 Å². The smallest absolute Gasteiger partial charge is 0.258 e. The largest absolute Gasteiger partial charge is 0.334 e. The number of aromatic nitrogens is 2. The van der Waals surface area contributed by atoms with Gasteiger partial charge in [0.05, 0.1) is 0 Å². The zero-order valence-electron chi connectivity index (χ0n) is 12.8. The molecule has 0 N–H and O–H groups in total. The van der Waals surface area contributed by atoms with Crippen molar-refractivity contribution in [3.63, 3.8) is 0 Å². The monoisotopic (exact) mass is 304 g/mol. The second kappa shape index (κ2) is 7.71. The van der Waals surface area contributed by atoms with Crippen LogP contribution in [0.2, 0.25) is 0 Å². The summed E-state index contributed by atoms with van der Waals surface area (Å²) in [7, 11) is 0. The maximum atomic E-state index is 8.00. The van der Waals surface area contributed by atoms with E-state index in [2.05, 4.69) is 16.1 Å². The summed E-state index contributed by atoms with van der Waals surface area (Å²) in [5.41, 5.74) is 4.13. The summed E-state index contributed by atoms with van der Waals surface area (Å²) < 4.78 is 5.33. The van der Waals surface area contributed by atoms with Gasteiger partial charge in [-0.05, 0) is 24.6 Å². The Labute approximate surface area is 135 Å². The van der Waals surface area contributed by atoms with Gasteiger partial charge in [-0.3, -0.25) is 0 Å². The van der Waals surface area contributed by atoms with Gasteiger partial charge >= 0.3 is 0 Å². The Morgan fingerprint density at radius 3 is 2.26 bits per heavy atom. The van der Waals surface area contributed by atoms with Gasteiger partial charge in [0.1, 0.15) is 6.79 Å². The zero-order valence-corrected chi connectivity index (χ0v) is 12.8. The molecule has 4 heteroatoms. The molecular formula is C19H16N2O2. The second-order valence-electron chi connectivity index (χ2n) is 4.87. The lowest BCUT2D eigenvalue weighted by atomic mass is 10.1. The summed E-state index contributed by atoms with van der Waals surface area (Å²) in [6.45, 7) is 4.04. The molecule has 0 atom stereocenters. The minimum atomic E-state index is 0.526. The van der Waals surface area contributed by atoms with Crippen molar-refractivity contribution in [3.05, 3.63) is 59.7 Å². The molecule has 0 unspecified atom stereocenters. The van der Waals surface area contributed by atoms with E-state index in [1.807, 2.05) is 62.2 Å². The molecule has 1 heterocycles. The molecule has 0 bridgehead atoms. The Morgan fingerprint density at radius 2 is 1.65 bits per heavy atom. The highest BCUT2D eigenvalue weighted by molar-refractivity contribution is 5.60. The molecule has 0 radical (unpaired) electrons.